The number of carbonyl (C=O) groups excluding carboxylic acids is 2. The number of aromatic nitrogens is 1. The van der Waals surface area contributed by atoms with E-state index in [1.807, 2.05) is 44.2 Å². The van der Waals surface area contributed by atoms with Crippen LogP contribution in [0.15, 0.2) is 53.3 Å². The van der Waals surface area contributed by atoms with Gasteiger partial charge in [0.2, 0.25) is 5.91 Å². The monoisotopic (exact) mass is 389 g/mol. The molecule has 4 rings (SSSR count). The largest absolute Gasteiger partial charge is 0.358 e. The second-order valence-corrected chi connectivity index (χ2v) is 7.33. The molecule has 0 bridgehead atoms. The summed E-state index contributed by atoms with van der Waals surface area (Å²) in [5, 5.41) is 0.617. The van der Waals surface area contributed by atoms with Crippen LogP contribution in [0, 0.1) is 6.92 Å². The molecule has 0 saturated carbocycles. The number of carbonyl (C=O) groups is 2. The highest BCUT2D eigenvalue weighted by molar-refractivity contribution is 6.00. The predicted molar refractivity (Wildman–Crippen MR) is 113 cm³/mol. The average Bonchev–Trinajstić information content (AvgIpc) is 2.73. The van der Waals surface area contributed by atoms with E-state index in [0.717, 1.165) is 22.3 Å². The molecule has 1 aliphatic heterocycles. The molecule has 3 aromatic rings. The third-order valence-electron chi connectivity index (χ3n) is 5.41. The second kappa shape index (κ2) is 7.54. The van der Waals surface area contributed by atoms with Gasteiger partial charge in [0.05, 0.1) is 5.52 Å². The van der Waals surface area contributed by atoms with E-state index in [2.05, 4.69) is 4.98 Å². The van der Waals surface area contributed by atoms with Crippen molar-refractivity contribution in [3.05, 3.63) is 70.0 Å². The molecule has 0 aliphatic carbocycles. The number of amides is 2. The molecule has 0 atom stereocenters. The Balaban J connectivity index is 1.70. The summed E-state index contributed by atoms with van der Waals surface area (Å²) in [5.74, 6) is -0.175. The number of hydrogen-bond donors (Lipinski definition) is 1. The second-order valence-electron chi connectivity index (χ2n) is 7.33. The van der Waals surface area contributed by atoms with Gasteiger partial charge in [0, 0.05) is 47.9 Å². The van der Waals surface area contributed by atoms with Crippen molar-refractivity contribution in [3.63, 3.8) is 0 Å². The molecule has 0 radical (unpaired) electrons. The van der Waals surface area contributed by atoms with E-state index >= 15 is 0 Å². The number of likely N-dealkylation sites (N-methyl/N-ethyl adjacent to an activating group) is 1. The molecule has 0 unspecified atom stereocenters. The van der Waals surface area contributed by atoms with Crippen LogP contribution in [0.3, 0.4) is 0 Å². The minimum absolute atomic E-state index is 0.0228. The van der Waals surface area contributed by atoms with Crippen molar-refractivity contribution in [3.8, 4) is 11.1 Å². The first-order valence-electron chi connectivity index (χ1n) is 9.78. The lowest BCUT2D eigenvalue weighted by atomic mass is 9.99. The number of H-pyrrole nitrogens is 1. The summed E-state index contributed by atoms with van der Waals surface area (Å²) in [4.78, 5) is 44.1. The maximum atomic E-state index is 13.0. The zero-order valence-electron chi connectivity index (χ0n) is 16.6. The Bertz CT molecular complexity index is 1170. The Morgan fingerprint density at radius 2 is 1.86 bits per heavy atom. The van der Waals surface area contributed by atoms with Crippen molar-refractivity contribution >= 4 is 22.7 Å². The molecule has 2 amide bonds. The zero-order valence-corrected chi connectivity index (χ0v) is 16.6. The van der Waals surface area contributed by atoms with E-state index < -0.39 is 0 Å². The van der Waals surface area contributed by atoms with Crippen molar-refractivity contribution in [1.29, 1.82) is 0 Å². The van der Waals surface area contributed by atoms with Crippen molar-refractivity contribution in [2.75, 3.05) is 26.2 Å². The van der Waals surface area contributed by atoms with Crippen LogP contribution < -0.4 is 5.43 Å². The van der Waals surface area contributed by atoms with E-state index in [1.54, 1.807) is 28.0 Å². The van der Waals surface area contributed by atoms with Gasteiger partial charge in [-0.1, -0.05) is 24.3 Å². The number of aromatic amines is 1. The van der Waals surface area contributed by atoms with Gasteiger partial charge >= 0.3 is 0 Å². The number of hydrogen-bond acceptors (Lipinski definition) is 3. The number of nitrogens with zero attached hydrogens (tertiary/aromatic N) is 2. The topological polar surface area (TPSA) is 73.5 Å². The highest BCUT2D eigenvalue weighted by Gasteiger charge is 2.27. The van der Waals surface area contributed by atoms with Gasteiger partial charge in [-0.3, -0.25) is 14.4 Å². The van der Waals surface area contributed by atoms with Gasteiger partial charge in [0.15, 0.2) is 5.43 Å². The summed E-state index contributed by atoms with van der Waals surface area (Å²) in [6, 6.07) is 14.5. The number of para-hydroxylation sites is 1. The summed E-state index contributed by atoms with van der Waals surface area (Å²) in [6.07, 6.45) is 0. The number of rotatable bonds is 3. The van der Waals surface area contributed by atoms with Crippen LogP contribution in [0.2, 0.25) is 0 Å². The highest BCUT2D eigenvalue weighted by Crippen LogP contribution is 2.27. The third-order valence-corrected chi connectivity index (χ3v) is 5.41. The van der Waals surface area contributed by atoms with Crippen LogP contribution in [0.25, 0.3) is 22.0 Å². The van der Waals surface area contributed by atoms with Gasteiger partial charge < -0.3 is 14.8 Å². The maximum Gasteiger partial charge on any atom is 0.254 e. The summed E-state index contributed by atoms with van der Waals surface area (Å²) >= 11 is 0. The van der Waals surface area contributed by atoms with Crippen LogP contribution >= 0.6 is 0 Å². The van der Waals surface area contributed by atoms with E-state index in [4.69, 9.17) is 0 Å². The van der Waals surface area contributed by atoms with E-state index in [9.17, 15) is 14.4 Å². The molecule has 1 fully saturated rings. The van der Waals surface area contributed by atoms with E-state index in [1.165, 1.54) is 0 Å². The van der Waals surface area contributed by atoms with Crippen LogP contribution in [-0.2, 0) is 4.79 Å². The van der Waals surface area contributed by atoms with Crippen LogP contribution in [0.1, 0.15) is 23.0 Å². The predicted octanol–water partition coefficient (Wildman–Crippen LogP) is 2.81. The number of fused-ring (bicyclic) bond motifs is 1. The van der Waals surface area contributed by atoms with E-state index in [0.29, 0.717) is 30.6 Å². The number of aryl methyl sites for hydroxylation is 1. The molecule has 2 aromatic carbocycles. The highest BCUT2D eigenvalue weighted by atomic mass is 16.2. The number of pyridine rings is 1. The fourth-order valence-corrected chi connectivity index (χ4v) is 3.86. The molecule has 2 heterocycles. The molecule has 148 valence electrons. The van der Waals surface area contributed by atoms with Crippen LogP contribution in [0.5, 0.6) is 0 Å². The van der Waals surface area contributed by atoms with Crippen LogP contribution in [-0.4, -0.2) is 52.8 Å². The maximum absolute atomic E-state index is 13.0. The third kappa shape index (κ3) is 3.53. The number of benzene rings is 2. The molecule has 1 N–H and O–H groups in total. The molecular formula is C23H23N3O3. The lowest BCUT2D eigenvalue weighted by Crippen LogP contribution is -2.52. The van der Waals surface area contributed by atoms with Crippen molar-refractivity contribution in [1.82, 2.24) is 14.8 Å². The van der Waals surface area contributed by atoms with Gasteiger partial charge in [0.25, 0.3) is 5.91 Å². The first-order valence-corrected chi connectivity index (χ1v) is 9.78. The Morgan fingerprint density at radius 1 is 1.07 bits per heavy atom. The smallest absolute Gasteiger partial charge is 0.254 e. The summed E-state index contributed by atoms with van der Waals surface area (Å²) in [6.45, 7) is 5.65. The molecular weight excluding hydrogens is 366 g/mol. The fraction of sp³-hybridized carbons (Fsp3) is 0.261. The Labute approximate surface area is 168 Å². The molecule has 1 aliphatic rings. The van der Waals surface area contributed by atoms with Gasteiger partial charge in [-0.25, -0.2) is 0 Å². The standard InChI is InChI=1S/C23H23N3O3/c1-3-25-10-11-26(14-21(25)28)23(29)17-7-4-6-16(13-17)18-8-5-9-19-20(27)12-15(2)24-22(18)19/h4-9,12-13H,3,10-11,14H2,1-2H3,(H,24,27). The van der Waals surface area contributed by atoms with Gasteiger partial charge in [-0.2, -0.15) is 0 Å². The summed E-state index contributed by atoms with van der Waals surface area (Å²) in [5.41, 5.74) is 3.76. The first kappa shape index (κ1) is 18.9. The lowest BCUT2D eigenvalue weighted by molar-refractivity contribution is -0.134. The van der Waals surface area contributed by atoms with E-state index in [-0.39, 0.29) is 23.8 Å². The Kier molecular flexibility index (Phi) is 4.92. The molecule has 1 saturated heterocycles. The summed E-state index contributed by atoms with van der Waals surface area (Å²) < 4.78 is 0. The fourth-order valence-electron chi connectivity index (χ4n) is 3.86. The van der Waals surface area contributed by atoms with Crippen molar-refractivity contribution < 1.29 is 9.59 Å². The Morgan fingerprint density at radius 3 is 2.62 bits per heavy atom. The first-order chi connectivity index (χ1) is 14.0. The molecule has 0 spiro atoms. The zero-order chi connectivity index (χ0) is 20.5. The summed E-state index contributed by atoms with van der Waals surface area (Å²) in [7, 11) is 0. The quantitative estimate of drug-likeness (QED) is 0.749. The SMILES string of the molecule is CCN1CCN(C(=O)c2cccc(-c3cccc4c(=O)cc(C)[nH]c34)c2)CC1=O. The Hall–Kier alpha value is -3.41. The lowest BCUT2D eigenvalue weighted by Gasteiger charge is -2.33. The minimum Gasteiger partial charge on any atom is -0.358 e. The normalized spacial score (nSPS) is 14.5. The molecule has 6 nitrogen and oxygen atoms in total. The van der Waals surface area contributed by atoms with Crippen molar-refractivity contribution in [2.24, 2.45) is 0 Å². The molecule has 29 heavy (non-hydrogen) atoms. The number of nitrogens with one attached hydrogen (secondary N) is 1. The number of piperazine rings is 1. The average molecular weight is 389 g/mol. The van der Waals surface area contributed by atoms with Crippen molar-refractivity contribution in [2.45, 2.75) is 13.8 Å². The minimum atomic E-state index is -0.152. The molecule has 6 heteroatoms. The van der Waals surface area contributed by atoms with Gasteiger partial charge in [0.1, 0.15) is 6.54 Å². The van der Waals surface area contributed by atoms with Crippen LogP contribution in [0.4, 0.5) is 0 Å². The molecule has 1 aromatic heterocycles. The van der Waals surface area contributed by atoms with Gasteiger partial charge in [-0.05, 0) is 37.6 Å². The van der Waals surface area contributed by atoms with Gasteiger partial charge in [-0.15, -0.1) is 0 Å².